The number of carbonyl (C=O) groups is 1. The zero-order valence-corrected chi connectivity index (χ0v) is 22.4. The molecule has 2 aromatic carbocycles. The van der Waals surface area contributed by atoms with Crippen LogP contribution in [-0.2, 0) is 22.3 Å². The fraction of sp³-hybridized carbons (Fsp3) is 0.231. The minimum Gasteiger partial charge on any atom is -0.423 e. The molecule has 0 atom stereocenters. The summed E-state index contributed by atoms with van der Waals surface area (Å²) in [5.41, 5.74) is 3.51. The minimum atomic E-state index is -3.86. The lowest BCUT2D eigenvalue weighted by atomic mass is 9.79. The molecular weight excluding hydrogens is 546 g/mol. The topological polar surface area (TPSA) is 133 Å². The van der Waals surface area contributed by atoms with Crippen LogP contribution in [0.2, 0.25) is 5.02 Å². The summed E-state index contributed by atoms with van der Waals surface area (Å²) in [6.45, 7) is -0.175. The van der Waals surface area contributed by atoms with Crippen LogP contribution >= 0.6 is 11.6 Å². The van der Waals surface area contributed by atoms with Crippen LogP contribution in [0.5, 0.6) is 0 Å². The molecule has 2 heterocycles. The molecular formula is C26H25BClFN4O5S. The summed E-state index contributed by atoms with van der Waals surface area (Å²) in [7, 11) is -4.28. The van der Waals surface area contributed by atoms with E-state index in [-0.39, 0.29) is 29.6 Å². The maximum absolute atomic E-state index is 14.1. The molecule has 13 heteroatoms. The third-order valence-corrected chi connectivity index (χ3v) is 8.19. The van der Waals surface area contributed by atoms with Gasteiger partial charge in [-0.3, -0.25) is 4.79 Å². The first-order valence-electron chi connectivity index (χ1n) is 12.2. The van der Waals surface area contributed by atoms with Gasteiger partial charge in [-0.15, -0.1) is 0 Å². The van der Waals surface area contributed by atoms with E-state index in [0.717, 1.165) is 24.5 Å². The molecule has 1 amide bonds. The van der Waals surface area contributed by atoms with Gasteiger partial charge in [-0.2, -0.15) is 5.10 Å². The van der Waals surface area contributed by atoms with Gasteiger partial charge in [0, 0.05) is 35.8 Å². The van der Waals surface area contributed by atoms with E-state index in [2.05, 4.69) is 15.1 Å². The van der Waals surface area contributed by atoms with E-state index in [1.54, 1.807) is 30.5 Å². The lowest BCUT2D eigenvalue weighted by molar-refractivity contribution is 0.0965. The normalized spacial score (nSPS) is 13.6. The summed E-state index contributed by atoms with van der Waals surface area (Å²) in [5, 5.41) is 26.2. The maximum atomic E-state index is 14.1. The van der Waals surface area contributed by atoms with E-state index in [9.17, 15) is 27.7 Å². The van der Waals surface area contributed by atoms with Crippen LogP contribution < -0.4 is 15.5 Å². The second-order valence-electron chi connectivity index (χ2n) is 9.48. The molecule has 1 saturated carbocycles. The smallest absolute Gasteiger partial charge is 0.423 e. The quantitative estimate of drug-likeness (QED) is 0.228. The number of halogens is 2. The molecule has 0 bridgehead atoms. The summed E-state index contributed by atoms with van der Waals surface area (Å²) in [4.78, 5) is 12.9. The summed E-state index contributed by atoms with van der Waals surface area (Å²) in [6, 6.07) is 12.5. The van der Waals surface area contributed by atoms with Gasteiger partial charge in [0.1, 0.15) is 11.5 Å². The van der Waals surface area contributed by atoms with Crippen LogP contribution in [0.1, 0.15) is 45.8 Å². The Hall–Kier alpha value is -3.29. The number of pyridine rings is 1. The highest BCUT2D eigenvalue weighted by Crippen LogP contribution is 2.43. The van der Waals surface area contributed by atoms with Gasteiger partial charge in [0.25, 0.3) is 5.91 Å². The molecule has 0 aliphatic heterocycles. The van der Waals surface area contributed by atoms with Crippen molar-refractivity contribution < 1.29 is 27.7 Å². The second-order valence-corrected chi connectivity index (χ2v) is 11.7. The number of benzene rings is 2. The molecule has 0 unspecified atom stereocenters. The monoisotopic (exact) mass is 570 g/mol. The molecule has 202 valence electrons. The SMILES string of the molecule is CNC(=O)c1c(-c2ccc(Cl)cc2)nn2cc(CS(=O)(=O)NCc3ccc(B(O)O)c(F)c3)c(C3CC3)cc12. The molecule has 4 aromatic rings. The van der Waals surface area contributed by atoms with Gasteiger partial charge < -0.3 is 15.4 Å². The summed E-state index contributed by atoms with van der Waals surface area (Å²) in [6.07, 6.45) is 3.46. The van der Waals surface area contributed by atoms with Gasteiger partial charge >= 0.3 is 7.12 Å². The fourth-order valence-electron chi connectivity index (χ4n) is 4.54. The van der Waals surface area contributed by atoms with Gasteiger partial charge in [0.15, 0.2) is 0 Å². The first-order valence-corrected chi connectivity index (χ1v) is 14.2. The lowest BCUT2D eigenvalue weighted by Crippen LogP contribution is -2.33. The van der Waals surface area contributed by atoms with Crippen LogP contribution in [0.25, 0.3) is 16.8 Å². The number of carbonyl (C=O) groups excluding carboxylic acids is 1. The summed E-state index contributed by atoms with van der Waals surface area (Å²) in [5.74, 6) is -1.31. The molecule has 39 heavy (non-hydrogen) atoms. The van der Waals surface area contributed by atoms with E-state index >= 15 is 0 Å². The van der Waals surface area contributed by atoms with Gasteiger partial charge in [0.2, 0.25) is 10.0 Å². The van der Waals surface area contributed by atoms with Gasteiger partial charge in [-0.25, -0.2) is 22.0 Å². The Kier molecular flexibility index (Phi) is 7.49. The highest BCUT2D eigenvalue weighted by Gasteiger charge is 2.30. The number of nitrogens with zero attached hydrogens (tertiary/aromatic N) is 2. The van der Waals surface area contributed by atoms with Crippen LogP contribution in [0.15, 0.2) is 54.7 Å². The first-order chi connectivity index (χ1) is 18.6. The number of hydrogen-bond donors (Lipinski definition) is 4. The van der Waals surface area contributed by atoms with Crippen molar-refractivity contribution in [2.24, 2.45) is 0 Å². The number of hydrogen-bond acceptors (Lipinski definition) is 6. The maximum Gasteiger partial charge on any atom is 0.491 e. The Bertz CT molecular complexity index is 1670. The van der Waals surface area contributed by atoms with Gasteiger partial charge in [-0.05, 0) is 59.7 Å². The number of fused-ring (bicyclic) bond motifs is 1. The molecule has 9 nitrogen and oxygen atoms in total. The van der Waals surface area contributed by atoms with E-state index in [1.807, 2.05) is 6.07 Å². The number of amides is 1. The largest absolute Gasteiger partial charge is 0.491 e. The molecule has 2 aromatic heterocycles. The van der Waals surface area contributed by atoms with Crippen LogP contribution in [0, 0.1) is 5.82 Å². The number of aromatic nitrogens is 2. The van der Waals surface area contributed by atoms with E-state index in [0.29, 0.717) is 38.5 Å². The Morgan fingerprint density at radius 1 is 1.18 bits per heavy atom. The summed E-state index contributed by atoms with van der Waals surface area (Å²) >= 11 is 6.04. The third kappa shape index (κ3) is 5.85. The minimum absolute atomic E-state index is 0.175. The predicted molar refractivity (Wildman–Crippen MR) is 147 cm³/mol. The Balaban J connectivity index is 1.48. The molecule has 1 aliphatic rings. The van der Waals surface area contributed by atoms with Crippen molar-refractivity contribution in [1.29, 1.82) is 0 Å². The van der Waals surface area contributed by atoms with Crippen molar-refractivity contribution in [2.45, 2.75) is 31.1 Å². The van der Waals surface area contributed by atoms with Gasteiger partial charge in [-0.1, -0.05) is 35.9 Å². The van der Waals surface area contributed by atoms with Crippen molar-refractivity contribution in [3.63, 3.8) is 0 Å². The number of rotatable bonds is 9. The molecule has 5 rings (SSSR count). The second kappa shape index (κ2) is 10.7. The highest BCUT2D eigenvalue weighted by atomic mass is 35.5. The molecule has 0 radical (unpaired) electrons. The van der Waals surface area contributed by atoms with E-state index in [4.69, 9.17) is 11.6 Å². The highest BCUT2D eigenvalue weighted by molar-refractivity contribution is 7.88. The van der Waals surface area contributed by atoms with Crippen molar-refractivity contribution in [2.75, 3.05) is 7.05 Å². The van der Waals surface area contributed by atoms with Crippen molar-refractivity contribution in [3.8, 4) is 11.3 Å². The van der Waals surface area contributed by atoms with Gasteiger partial charge in [0.05, 0.1) is 16.8 Å². The summed E-state index contributed by atoms with van der Waals surface area (Å²) < 4.78 is 44.2. The average Bonchev–Trinajstić information content (AvgIpc) is 3.67. The molecule has 0 spiro atoms. The van der Waals surface area contributed by atoms with E-state index < -0.39 is 23.0 Å². The Labute approximate surface area is 229 Å². The third-order valence-electron chi connectivity index (χ3n) is 6.66. The van der Waals surface area contributed by atoms with Crippen molar-refractivity contribution in [3.05, 3.63) is 87.8 Å². The first kappa shape index (κ1) is 27.3. The molecule has 4 N–H and O–H groups in total. The Morgan fingerprint density at radius 2 is 1.90 bits per heavy atom. The van der Waals surface area contributed by atoms with Crippen LogP contribution in [0.3, 0.4) is 0 Å². The zero-order valence-electron chi connectivity index (χ0n) is 20.9. The van der Waals surface area contributed by atoms with Crippen LogP contribution in [0.4, 0.5) is 4.39 Å². The average molecular weight is 571 g/mol. The van der Waals surface area contributed by atoms with Crippen molar-refractivity contribution >= 4 is 45.6 Å². The molecule has 0 saturated heterocycles. The fourth-order valence-corrected chi connectivity index (χ4v) is 5.80. The zero-order chi connectivity index (χ0) is 27.9. The number of nitrogens with one attached hydrogen (secondary N) is 2. The lowest BCUT2D eigenvalue weighted by Gasteiger charge is -2.12. The molecule has 1 fully saturated rings. The van der Waals surface area contributed by atoms with Crippen LogP contribution in [-0.4, -0.2) is 48.2 Å². The standard InChI is InChI=1S/C26H25BClFN4O5S/c1-30-26(34)24-23-11-20(16-3-4-16)18(13-33(23)32-25(24)17-5-7-19(28)8-6-17)14-39(37,38)31-12-15-2-9-21(27(35)36)22(29)10-15/h2,5-11,13,16,31,35-36H,3-4,12,14H2,1H3,(H,30,34). The van der Waals surface area contributed by atoms with Crippen molar-refractivity contribution in [1.82, 2.24) is 19.7 Å². The number of sulfonamides is 1. The molecule has 1 aliphatic carbocycles. The van der Waals surface area contributed by atoms with E-state index in [1.165, 1.54) is 23.7 Å². The predicted octanol–water partition coefficient (Wildman–Crippen LogP) is 2.33. The Morgan fingerprint density at radius 3 is 2.51 bits per heavy atom.